The molecule has 2 aliphatic rings. The molecule has 0 fully saturated rings. The topological polar surface area (TPSA) is 23.5 Å². The fraction of sp³-hybridized carbons (Fsp3) is 0.143. The van der Waals surface area contributed by atoms with Crippen LogP contribution in [0.15, 0.2) is 35.0 Å². The third-order valence-electron chi connectivity index (χ3n) is 1.49. The minimum Gasteiger partial charge on any atom is -0.284 e. The summed E-state index contributed by atoms with van der Waals surface area (Å²) in [5.41, 5.74) is 0.924. The second-order valence-electron chi connectivity index (χ2n) is 2.12. The molecule has 2 nitrogen and oxygen atoms in total. The van der Waals surface area contributed by atoms with Crippen molar-refractivity contribution in [2.75, 3.05) is 5.75 Å². The van der Waals surface area contributed by atoms with Gasteiger partial charge in [0.25, 0.3) is 0 Å². The van der Waals surface area contributed by atoms with E-state index in [0.29, 0.717) is 0 Å². The maximum absolute atomic E-state index is 9.20. The van der Waals surface area contributed by atoms with E-state index in [1.807, 2.05) is 18.2 Å². The van der Waals surface area contributed by atoms with E-state index in [-0.39, 0.29) is 0 Å². The summed E-state index contributed by atoms with van der Waals surface area (Å²) in [5, 5.41) is 10.4. The molecule has 0 aromatic carbocycles. The molecule has 0 radical (unpaired) electrons. The lowest BCUT2D eigenvalue weighted by atomic mass is 10.3. The first-order valence-electron chi connectivity index (χ1n) is 3.08. The third-order valence-corrected chi connectivity index (χ3v) is 2.48. The average Bonchev–Trinajstić information content (AvgIpc) is 2.36. The van der Waals surface area contributed by atoms with Gasteiger partial charge in [0.1, 0.15) is 0 Å². The molecule has 0 spiro atoms. The van der Waals surface area contributed by atoms with Gasteiger partial charge in [-0.25, -0.2) is 5.06 Å². The van der Waals surface area contributed by atoms with Crippen LogP contribution in [0.1, 0.15) is 0 Å². The van der Waals surface area contributed by atoms with Crippen LogP contribution in [-0.4, -0.2) is 16.0 Å². The second kappa shape index (κ2) is 2.18. The van der Waals surface area contributed by atoms with Gasteiger partial charge in [-0.1, -0.05) is 0 Å². The summed E-state index contributed by atoms with van der Waals surface area (Å²) in [7, 11) is 0. The summed E-state index contributed by atoms with van der Waals surface area (Å²) in [4.78, 5) is 1.16. The lowest BCUT2D eigenvalue weighted by Gasteiger charge is -2.16. The number of hydrogen-bond acceptors (Lipinski definition) is 3. The maximum Gasteiger partial charge on any atom is 0.0790 e. The summed E-state index contributed by atoms with van der Waals surface area (Å²) in [5.74, 6) is 0.972. The smallest absolute Gasteiger partial charge is 0.0790 e. The van der Waals surface area contributed by atoms with Gasteiger partial charge in [-0.2, -0.15) is 0 Å². The first-order chi connectivity index (χ1) is 4.88. The van der Waals surface area contributed by atoms with E-state index < -0.39 is 0 Å². The molecule has 2 aliphatic heterocycles. The summed E-state index contributed by atoms with van der Waals surface area (Å²) in [6.45, 7) is 0. The van der Waals surface area contributed by atoms with Crippen LogP contribution in [0.25, 0.3) is 0 Å². The number of rotatable bonds is 0. The first kappa shape index (κ1) is 6.07. The molecule has 0 atom stereocenters. The number of fused-ring (bicyclic) bond motifs is 1. The highest BCUT2D eigenvalue weighted by Crippen LogP contribution is 2.34. The predicted octanol–water partition coefficient (Wildman–Crippen LogP) is 1.72. The number of nitrogens with zero attached hydrogens (tertiary/aromatic N) is 1. The highest BCUT2D eigenvalue weighted by Gasteiger charge is 2.17. The normalized spacial score (nSPS) is 22.3. The molecule has 10 heavy (non-hydrogen) atoms. The van der Waals surface area contributed by atoms with E-state index in [2.05, 4.69) is 0 Å². The van der Waals surface area contributed by atoms with Crippen LogP contribution in [0.3, 0.4) is 0 Å². The largest absolute Gasteiger partial charge is 0.284 e. The molecular formula is C7H7NOS. The van der Waals surface area contributed by atoms with Crippen molar-refractivity contribution in [2.45, 2.75) is 0 Å². The lowest BCUT2D eigenvalue weighted by molar-refractivity contribution is -0.000621. The third kappa shape index (κ3) is 0.786. The van der Waals surface area contributed by atoms with E-state index >= 15 is 0 Å². The summed E-state index contributed by atoms with van der Waals surface area (Å²) < 4.78 is 0. The minimum absolute atomic E-state index is 0.924. The number of hydrogen-bond donors (Lipinski definition) is 1. The van der Waals surface area contributed by atoms with Crippen molar-refractivity contribution in [1.29, 1.82) is 0 Å². The monoisotopic (exact) mass is 153 g/mol. The minimum atomic E-state index is 0.924. The zero-order chi connectivity index (χ0) is 6.97. The van der Waals surface area contributed by atoms with Gasteiger partial charge < -0.3 is 0 Å². The van der Waals surface area contributed by atoms with Crippen molar-refractivity contribution in [3.63, 3.8) is 0 Å². The molecule has 0 amide bonds. The van der Waals surface area contributed by atoms with Crippen molar-refractivity contribution < 1.29 is 5.21 Å². The highest BCUT2D eigenvalue weighted by atomic mass is 32.2. The van der Waals surface area contributed by atoms with Crippen LogP contribution >= 0.6 is 11.8 Å². The molecular weight excluding hydrogens is 146 g/mol. The molecule has 52 valence electrons. The quantitative estimate of drug-likeness (QED) is 0.573. The van der Waals surface area contributed by atoms with Gasteiger partial charge in [-0.3, -0.25) is 5.21 Å². The highest BCUT2D eigenvalue weighted by molar-refractivity contribution is 8.03. The Hall–Kier alpha value is -0.670. The van der Waals surface area contributed by atoms with Crippen LogP contribution < -0.4 is 0 Å². The molecule has 2 rings (SSSR count). The standard InChI is InChI=1S/C7H7NOS/c9-8-4-1-2-7-6(8)3-5-10-7/h1-4,9H,5H2. The predicted molar refractivity (Wildman–Crippen MR) is 41.4 cm³/mol. The molecule has 1 N–H and O–H groups in total. The molecule has 3 heteroatoms. The van der Waals surface area contributed by atoms with Crippen LogP contribution in [-0.2, 0) is 0 Å². The summed E-state index contributed by atoms with van der Waals surface area (Å²) >= 11 is 1.75. The number of hydroxylamine groups is 2. The Kier molecular flexibility index (Phi) is 1.32. The summed E-state index contributed by atoms with van der Waals surface area (Å²) in [6, 6.07) is 0. The van der Waals surface area contributed by atoms with Crippen LogP contribution in [0.4, 0.5) is 0 Å². The van der Waals surface area contributed by atoms with E-state index in [0.717, 1.165) is 21.4 Å². The maximum atomic E-state index is 9.20. The van der Waals surface area contributed by atoms with Crippen molar-refractivity contribution in [1.82, 2.24) is 5.06 Å². The Balaban J connectivity index is 2.39. The van der Waals surface area contributed by atoms with Crippen LogP contribution in [0.2, 0.25) is 0 Å². The average molecular weight is 153 g/mol. The zero-order valence-electron chi connectivity index (χ0n) is 5.32. The zero-order valence-corrected chi connectivity index (χ0v) is 6.14. The molecule has 0 unspecified atom stereocenters. The van der Waals surface area contributed by atoms with E-state index in [4.69, 9.17) is 0 Å². The molecule has 2 heterocycles. The SMILES string of the molecule is ON1C=CC=C2SCC=C21. The first-order valence-corrected chi connectivity index (χ1v) is 4.06. The Morgan fingerprint density at radius 2 is 2.50 bits per heavy atom. The van der Waals surface area contributed by atoms with Gasteiger partial charge in [0.15, 0.2) is 0 Å². The van der Waals surface area contributed by atoms with Crippen LogP contribution in [0.5, 0.6) is 0 Å². The molecule has 0 bridgehead atoms. The van der Waals surface area contributed by atoms with Gasteiger partial charge in [0, 0.05) is 16.9 Å². The molecule has 0 saturated carbocycles. The van der Waals surface area contributed by atoms with Gasteiger partial charge in [-0.05, 0) is 18.2 Å². The van der Waals surface area contributed by atoms with Gasteiger partial charge in [-0.15, -0.1) is 11.8 Å². The van der Waals surface area contributed by atoms with Crippen molar-refractivity contribution >= 4 is 11.8 Å². The van der Waals surface area contributed by atoms with Crippen molar-refractivity contribution in [3.05, 3.63) is 35.0 Å². The number of thioether (sulfide) groups is 1. The van der Waals surface area contributed by atoms with Gasteiger partial charge >= 0.3 is 0 Å². The number of allylic oxidation sites excluding steroid dienone is 2. The Morgan fingerprint density at radius 3 is 3.30 bits per heavy atom. The lowest BCUT2D eigenvalue weighted by Crippen LogP contribution is -2.12. The van der Waals surface area contributed by atoms with E-state index in [9.17, 15) is 5.21 Å². The molecule has 0 aromatic heterocycles. The van der Waals surface area contributed by atoms with Crippen LogP contribution in [0, 0.1) is 0 Å². The molecule has 0 saturated heterocycles. The van der Waals surface area contributed by atoms with Crippen molar-refractivity contribution in [3.8, 4) is 0 Å². The van der Waals surface area contributed by atoms with Gasteiger partial charge in [0.05, 0.1) is 5.70 Å². The summed E-state index contributed by atoms with van der Waals surface area (Å²) in [6.07, 6.45) is 7.50. The van der Waals surface area contributed by atoms with E-state index in [1.54, 1.807) is 18.0 Å². The Labute approximate surface area is 63.5 Å². The Morgan fingerprint density at radius 1 is 1.60 bits per heavy atom. The second-order valence-corrected chi connectivity index (χ2v) is 3.18. The molecule has 0 aliphatic carbocycles. The fourth-order valence-corrected chi connectivity index (χ4v) is 1.94. The van der Waals surface area contributed by atoms with Crippen molar-refractivity contribution in [2.24, 2.45) is 0 Å². The van der Waals surface area contributed by atoms with Gasteiger partial charge in [0.2, 0.25) is 0 Å². The molecule has 0 aromatic rings. The Bertz CT molecular complexity index is 242. The fourth-order valence-electron chi connectivity index (χ4n) is 1.02. The van der Waals surface area contributed by atoms with E-state index in [1.165, 1.54) is 0 Å².